The van der Waals surface area contributed by atoms with E-state index in [9.17, 15) is 4.79 Å². The fourth-order valence-electron chi connectivity index (χ4n) is 2.88. The highest BCUT2D eigenvalue weighted by Crippen LogP contribution is 2.48. The lowest BCUT2D eigenvalue weighted by Gasteiger charge is -2.11. The Kier molecular flexibility index (Phi) is 3.69. The molecule has 2 heterocycles. The van der Waals surface area contributed by atoms with Crippen LogP contribution in [0.3, 0.4) is 0 Å². The first-order chi connectivity index (χ1) is 12.2. The van der Waals surface area contributed by atoms with Gasteiger partial charge in [0, 0.05) is 23.6 Å². The highest BCUT2D eigenvalue weighted by atomic mass is 16.5. The van der Waals surface area contributed by atoms with Crippen LogP contribution < -0.4 is 0 Å². The predicted molar refractivity (Wildman–Crippen MR) is 90.6 cm³/mol. The zero-order chi connectivity index (χ0) is 17.3. The third kappa shape index (κ3) is 2.85. The van der Waals surface area contributed by atoms with E-state index in [4.69, 9.17) is 10.00 Å². The van der Waals surface area contributed by atoms with Gasteiger partial charge in [0.05, 0.1) is 24.6 Å². The zero-order valence-electron chi connectivity index (χ0n) is 13.6. The van der Waals surface area contributed by atoms with Crippen LogP contribution in [-0.2, 0) is 4.74 Å². The van der Waals surface area contributed by atoms with Crippen LogP contribution in [0.5, 0.6) is 0 Å². The molecule has 0 bridgehead atoms. The molecule has 0 atom stereocenters. The van der Waals surface area contributed by atoms with E-state index in [1.807, 2.05) is 36.4 Å². The van der Waals surface area contributed by atoms with E-state index in [0.29, 0.717) is 17.6 Å². The molecule has 0 radical (unpaired) electrons. The third-order valence-corrected chi connectivity index (χ3v) is 4.61. The number of benzene rings is 1. The summed E-state index contributed by atoms with van der Waals surface area (Å²) < 4.78 is 7.08. The fourth-order valence-corrected chi connectivity index (χ4v) is 2.88. The lowest BCUT2D eigenvalue weighted by atomic mass is 10.1. The highest BCUT2D eigenvalue weighted by Gasteiger charge is 2.44. The van der Waals surface area contributed by atoms with Crippen LogP contribution in [0.15, 0.2) is 48.8 Å². The summed E-state index contributed by atoms with van der Waals surface area (Å²) in [5.41, 5.74) is 2.51. The summed E-state index contributed by atoms with van der Waals surface area (Å²) in [4.78, 5) is 16.7. The van der Waals surface area contributed by atoms with Gasteiger partial charge in [0.2, 0.25) is 0 Å². The molecule has 124 valence electrons. The second-order valence-electron chi connectivity index (χ2n) is 6.40. The fraction of sp³-hybridized carbons (Fsp3) is 0.263. The number of hydrogen-bond donors (Lipinski definition) is 0. The average Bonchev–Trinajstić information content (AvgIpc) is 3.27. The first kappa shape index (κ1) is 15.3. The molecule has 0 unspecified atom stereocenters. The van der Waals surface area contributed by atoms with E-state index >= 15 is 0 Å². The van der Waals surface area contributed by atoms with Crippen molar-refractivity contribution in [2.75, 3.05) is 6.61 Å². The van der Waals surface area contributed by atoms with Crippen molar-refractivity contribution in [1.29, 1.82) is 5.26 Å². The molecule has 0 spiro atoms. The largest absolute Gasteiger partial charge is 0.461 e. The monoisotopic (exact) mass is 332 g/mol. The molecular weight excluding hydrogens is 316 g/mol. The van der Waals surface area contributed by atoms with Gasteiger partial charge in [0.1, 0.15) is 5.56 Å². The second kappa shape index (κ2) is 6.02. The van der Waals surface area contributed by atoms with Gasteiger partial charge in [-0.2, -0.15) is 10.4 Å². The van der Waals surface area contributed by atoms with Crippen LogP contribution in [0.1, 0.15) is 29.6 Å². The molecule has 6 nitrogen and oxygen atoms in total. The Labute approximate surface area is 144 Å². The van der Waals surface area contributed by atoms with Gasteiger partial charge in [-0.05, 0) is 18.9 Å². The summed E-state index contributed by atoms with van der Waals surface area (Å²) in [6, 6.07) is 13.8. The Bertz CT molecular complexity index is 968. The normalized spacial score (nSPS) is 14.8. The number of carbonyl (C=O) groups excluding carboxylic acids is 1. The minimum atomic E-state index is -0.447. The summed E-state index contributed by atoms with van der Waals surface area (Å²) in [7, 11) is 0. The maximum atomic E-state index is 12.4. The maximum absolute atomic E-state index is 12.4. The van der Waals surface area contributed by atoms with Gasteiger partial charge < -0.3 is 4.74 Å². The summed E-state index contributed by atoms with van der Waals surface area (Å²) in [6.45, 7) is 0.273. The van der Waals surface area contributed by atoms with Gasteiger partial charge in [-0.25, -0.2) is 14.3 Å². The van der Waals surface area contributed by atoms with Gasteiger partial charge in [-0.15, -0.1) is 0 Å². The molecule has 6 heteroatoms. The van der Waals surface area contributed by atoms with E-state index in [1.165, 1.54) is 6.20 Å². The van der Waals surface area contributed by atoms with Gasteiger partial charge in [0.15, 0.2) is 5.65 Å². The zero-order valence-corrected chi connectivity index (χ0v) is 13.6. The van der Waals surface area contributed by atoms with E-state index in [2.05, 4.69) is 16.2 Å². The molecule has 4 rings (SSSR count). The van der Waals surface area contributed by atoms with Crippen LogP contribution in [0.2, 0.25) is 0 Å². The average molecular weight is 332 g/mol. The highest BCUT2D eigenvalue weighted by molar-refractivity contribution is 5.96. The third-order valence-electron chi connectivity index (χ3n) is 4.61. The van der Waals surface area contributed by atoms with Gasteiger partial charge in [0.25, 0.3) is 0 Å². The van der Waals surface area contributed by atoms with E-state index < -0.39 is 5.97 Å². The molecule has 1 aliphatic carbocycles. The maximum Gasteiger partial charge on any atom is 0.343 e. The van der Waals surface area contributed by atoms with Crippen molar-refractivity contribution in [3.8, 4) is 17.3 Å². The Balaban J connectivity index is 1.61. The summed E-state index contributed by atoms with van der Waals surface area (Å²) in [5, 5.41) is 13.2. The number of nitrogens with zero attached hydrogens (tertiary/aromatic N) is 4. The summed E-state index contributed by atoms with van der Waals surface area (Å²) in [6.07, 6.45) is 5.43. The van der Waals surface area contributed by atoms with Crippen molar-refractivity contribution < 1.29 is 9.53 Å². The van der Waals surface area contributed by atoms with Gasteiger partial charge in [-0.1, -0.05) is 30.3 Å². The van der Waals surface area contributed by atoms with Crippen molar-refractivity contribution in [3.05, 3.63) is 54.4 Å². The molecule has 0 aliphatic heterocycles. The standard InChI is InChI=1S/C19H16N4O2/c20-10-9-19(7-8-19)13-25-18(24)15-12-22-23-16(6-11-21-17(15)23)14-4-2-1-3-5-14/h1-6,11-12H,7-9,13H2. The molecule has 3 aromatic rings. The van der Waals surface area contributed by atoms with Crippen LogP contribution in [0, 0.1) is 16.7 Å². The molecule has 2 aromatic heterocycles. The minimum absolute atomic E-state index is 0.143. The Morgan fingerprint density at radius 1 is 1.28 bits per heavy atom. The lowest BCUT2D eigenvalue weighted by molar-refractivity contribution is 0.0421. The van der Waals surface area contributed by atoms with Crippen molar-refractivity contribution in [1.82, 2.24) is 14.6 Å². The molecule has 1 aromatic carbocycles. The van der Waals surface area contributed by atoms with Crippen LogP contribution >= 0.6 is 0 Å². The van der Waals surface area contributed by atoms with Gasteiger partial charge in [-0.3, -0.25) is 0 Å². The Hall–Kier alpha value is -3.20. The number of hydrogen-bond acceptors (Lipinski definition) is 5. The summed E-state index contributed by atoms with van der Waals surface area (Å²) >= 11 is 0. The molecule has 25 heavy (non-hydrogen) atoms. The number of ether oxygens (including phenoxy) is 1. The molecule has 0 saturated heterocycles. The molecule has 0 N–H and O–H groups in total. The minimum Gasteiger partial charge on any atom is -0.461 e. The number of nitriles is 1. The quantitative estimate of drug-likeness (QED) is 0.670. The Morgan fingerprint density at radius 3 is 2.80 bits per heavy atom. The number of rotatable bonds is 5. The van der Waals surface area contributed by atoms with Crippen LogP contribution in [-0.4, -0.2) is 27.2 Å². The van der Waals surface area contributed by atoms with Crippen molar-refractivity contribution in [3.63, 3.8) is 0 Å². The predicted octanol–water partition coefficient (Wildman–Crippen LogP) is 3.25. The van der Waals surface area contributed by atoms with E-state index in [1.54, 1.807) is 10.7 Å². The topological polar surface area (TPSA) is 80.3 Å². The first-order valence-electron chi connectivity index (χ1n) is 8.15. The van der Waals surface area contributed by atoms with Crippen molar-refractivity contribution >= 4 is 11.6 Å². The number of aromatic nitrogens is 3. The number of esters is 1. The molecule has 1 saturated carbocycles. The number of fused-ring (bicyclic) bond motifs is 1. The number of carbonyl (C=O) groups is 1. The molecular formula is C19H16N4O2. The first-order valence-corrected chi connectivity index (χ1v) is 8.15. The van der Waals surface area contributed by atoms with Crippen molar-refractivity contribution in [2.24, 2.45) is 5.41 Å². The van der Waals surface area contributed by atoms with Crippen LogP contribution in [0.25, 0.3) is 16.9 Å². The van der Waals surface area contributed by atoms with Crippen molar-refractivity contribution in [2.45, 2.75) is 19.3 Å². The van der Waals surface area contributed by atoms with E-state index in [-0.39, 0.29) is 12.0 Å². The molecule has 0 amide bonds. The second-order valence-corrected chi connectivity index (χ2v) is 6.40. The van der Waals surface area contributed by atoms with E-state index in [0.717, 1.165) is 24.1 Å². The Morgan fingerprint density at radius 2 is 2.08 bits per heavy atom. The molecule has 1 fully saturated rings. The van der Waals surface area contributed by atoms with Gasteiger partial charge >= 0.3 is 5.97 Å². The molecule has 1 aliphatic rings. The smallest absolute Gasteiger partial charge is 0.343 e. The summed E-state index contributed by atoms with van der Waals surface area (Å²) in [5.74, 6) is -0.447. The van der Waals surface area contributed by atoms with Crippen LogP contribution in [0.4, 0.5) is 0 Å². The SMILES string of the molecule is N#CCC1(COC(=O)c2cnn3c(-c4ccccc4)ccnc23)CC1. The lowest BCUT2D eigenvalue weighted by Crippen LogP contribution is -2.15.